The van der Waals surface area contributed by atoms with Crippen molar-refractivity contribution in [1.82, 2.24) is 10.4 Å². The molecule has 2 aliphatic rings. The molecule has 0 radical (unpaired) electrons. The molecular formula is C17H20FN4O6-. The molecule has 28 heavy (non-hydrogen) atoms. The van der Waals surface area contributed by atoms with Gasteiger partial charge in [0.05, 0.1) is 17.9 Å². The summed E-state index contributed by atoms with van der Waals surface area (Å²) in [6.45, 7) is 0.724. The van der Waals surface area contributed by atoms with Gasteiger partial charge in [0.1, 0.15) is 24.7 Å². The third-order valence-electron chi connectivity index (χ3n) is 4.64. The van der Waals surface area contributed by atoms with E-state index in [1.54, 1.807) is 4.90 Å². The number of ether oxygens (including phenoxy) is 1. The third kappa shape index (κ3) is 3.99. The van der Waals surface area contributed by atoms with Crippen molar-refractivity contribution in [3.05, 3.63) is 29.2 Å². The van der Waals surface area contributed by atoms with Gasteiger partial charge in [0.2, 0.25) is 11.8 Å². The number of benzene rings is 1. The first-order valence-electron chi connectivity index (χ1n) is 8.70. The summed E-state index contributed by atoms with van der Waals surface area (Å²) in [6, 6.07) is 4.19. The number of halogens is 1. The SMILES string of the molecule is CC(=O)N([O-])CC1CN(c2ccc(N3CCC3NC(=O)CO)c(F)c2)C(=O)O1. The highest BCUT2D eigenvalue weighted by Gasteiger charge is 2.35. The van der Waals surface area contributed by atoms with E-state index in [1.165, 1.54) is 23.1 Å². The molecule has 3 rings (SSSR count). The van der Waals surface area contributed by atoms with Crippen molar-refractivity contribution >= 4 is 29.3 Å². The van der Waals surface area contributed by atoms with Gasteiger partial charge >= 0.3 is 6.09 Å². The molecule has 2 unspecified atom stereocenters. The highest BCUT2D eigenvalue weighted by atomic mass is 19.1. The number of cyclic esters (lactones) is 1. The summed E-state index contributed by atoms with van der Waals surface area (Å²) < 4.78 is 19.7. The highest BCUT2D eigenvalue weighted by molar-refractivity contribution is 5.90. The van der Waals surface area contributed by atoms with Crippen molar-refractivity contribution in [2.75, 3.05) is 36.0 Å². The average molecular weight is 395 g/mol. The van der Waals surface area contributed by atoms with Gasteiger partial charge in [-0.1, -0.05) is 0 Å². The second kappa shape index (κ2) is 7.98. The lowest BCUT2D eigenvalue weighted by molar-refractivity contribution is -0.127. The van der Waals surface area contributed by atoms with Crippen molar-refractivity contribution in [2.45, 2.75) is 25.6 Å². The Morgan fingerprint density at radius 3 is 2.79 bits per heavy atom. The Morgan fingerprint density at radius 1 is 1.46 bits per heavy atom. The van der Waals surface area contributed by atoms with Crippen molar-refractivity contribution in [3.63, 3.8) is 0 Å². The molecule has 3 amide bonds. The fourth-order valence-corrected chi connectivity index (χ4v) is 3.09. The zero-order valence-corrected chi connectivity index (χ0v) is 15.1. The van der Waals surface area contributed by atoms with E-state index in [1.807, 2.05) is 0 Å². The summed E-state index contributed by atoms with van der Waals surface area (Å²) in [5, 5.41) is 23.0. The van der Waals surface area contributed by atoms with Crippen LogP contribution in [0.25, 0.3) is 0 Å². The standard InChI is InChI=1S/C17H20FN4O6/c1-10(24)22(27)8-12-7-21(17(26)28-12)11-2-3-14(13(18)6-11)20-5-4-15(20)19-16(25)9-23/h2-3,6,12,15,23H,4-5,7-9H2,1H3,(H,19,25)/q-1. The Labute approximate surface area is 160 Å². The van der Waals surface area contributed by atoms with Gasteiger partial charge in [0.15, 0.2) is 0 Å². The number of nitrogens with zero attached hydrogens (tertiary/aromatic N) is 3. The fraction of sp³-hybridized carbons (Fsp3) is 0.471. The van der Waals surface area contributed by atoms with Crippen molar-refractivity contribution in [3.8, 4) is 0 Å². The number of rotatable bonds is 6. The van der Waals surface area contributed by atoms with Crippen LogP contribution in [0.4, 0.5) is 20.6 Å². The molecule has 0 saturated carbocycles. The molecule has 10 nitrogen and oxygen atoms in total. The molecule has 152 valence electrons. The molecule has 2 fully saturated rings. The Morgan fingerprint density at radius 2 is 2.21 bits per heavy atom. The van der Waals surface area contributed by atoms with Gasteiger partial charge in [-0.2, -0.15) is 0 Å². The van der Waals surface area contributed by atoms with Crippen molar-refractivity contribution in [2.24, 2.45) is 0 Å². The maximum Gasteiger partial charge on any atom is 0.414 e. The van der Waals surface area contributed by atoms with E-state index in [9.17, 15) is 24.0 Å². The van der Waals surface area contributed by atoms with Gasteiger partial charge in [-0.05, 0) is 18.2 Å². The van der Waals surface area contributed by atoms with E-state index in [-0.39, 0.29) is 29.5 Å². The molecule has 11 heteroatoms. The smallest absolute Gasteiger partial charge is 0.414 e. The van der Waals surface area contributed by atoms with Crippen LogP contribution < -0.4 is 15.1 Å². The predicted molar refractivity (Wildman–Crippen MR) is 95.7 cm³/mol. The van der Waals surface area contributed by atoms with Crippen LogP contribution >= 0.6 is 0 Å². The minimum Gasteiger partial charge on any atom is -0.756 e. The number of anilines is 2. The zero-order chi connectivity index (χ0) is 20.4. The number of hydrogen-bond acceptors (Lipinski definition) is 7. The minimum atomic E-state index is -0.801. The summed E-state index contributed by atoms with van der Waals surface area (Å²) in [6.07, 6.45) is -1.32. The number of aliphatic hydroxyl groups excluding tert-OH is 1. The maximum absolute atomic E-state index is 14.6. The monoisotopic (exact) mass is 395 g/mol. The van der Waals surface area contributed by atoms with Gasteiger partial charge in [0.25, 0.3) is 0 Å². The van der Waals surface area contributed by atoms with Crippen molar-refractivity contribution in [1.29, 1.82) is 0 Å². The first kappa shape index (κ1) is 19.8. The Kier molecular flexibility index (Phi) is 5.66. The number of aliphatic hydroxyl groups is 1. The molecule has 0 aliphatic carbocycles. The number of amides is 3. The summed E-state index contributed by atoms with van der Waals surface area (Å²) >= 11 is 0. The summed E-state index contributed by atoms with van der Waals surface area (Å²) in [5.41, 5.74) is 0.509. The number of carbonyl (C=O) groups excluding carboxylic acids is 3. The van der Waals surface area contributed by atoms with E-state index in [2.05, 4.69) is 5.32 Å². The molecule has 1 aromatic carbocycles. The maximum atomic E-state index is 14.6. The van der Waals surface area contributed by atoms with Crippen LogP contribution in [0.15, 0.2) is 18.2 Å². The van der Waals surface area contributed by atoms with E-state index in [4.69, 9.17) is 9.84 Å². The lowest BCUT2D eigenvalue weighted by Gasteiger charge is -2.43. The van der Waals surface area contributed by atoms with E-state index < -0.39 is 42.6 Å². The quantitative estimate of drug-likeness (QED) is 0.657. The second-order valence-corrected chi connectivity index (χ2v) is 6.56. The number of hydrogen-bond donors (Lipinski definition) is 2. The van der Waals surface area contributed by atoms with E-state index in [0.29, 0.717) is 13.0 Å². The molecular weight excluding hydrogens is 375 g/mol. The van der Waals surface area contributed by atoms with Crippen molar-refractivity contribution < 1.29 is 28.6 Å². The number of carbonyl (C=O) groups is 3. The molecule has 1 aromatic rings. The topological polar surface area (TPSA) is 125 Å². The fourth-order valence-electron chi connectivity index (χ4n) is 3.09. The molecule has 2 atom stereocenters. The largest absolute Gasteiger partial charge is 0.756 e. The first-order valence-corrected chi connectivity index (χ1v) is 8.70. The summed E-state index contributed by atoms with van der Waals surface area (Å²) in [7, 11) is 0. The van der Waals surface area contributed by atoms with Crippen LogP contribution in [-0.4, -0.2) is 66.6 Å². The minimum absolute atomic E-state index is 0.0164. The number of hydroxylamine groups is 2. The molecule has 0 spiro atoms. The Bertz CT molecular complexity index is 791. The molecule has 2 aliphatic heterocycles. The van der Waals surface area contributed by atoms with Crippen LogP contribution in [0, 0.1) is 11.0 Å². The van der Waals surface area contributed by atoms with Gasteiger partial charge in [-0.25, -0.2) is 9.18 Å². The highest BCUT2D eigenvalue weighted by Crippen LogP contribution is 2.32. The lowest BCUT2D eigenvalue weighted by atomic mass is 10.1. The predicted octanol–water partition coefficient (Wildman–Crippen LogP) is 0.142. The van der Waals surface area contributed by atoms with Gasteiger partial charge < -0.3 is 30.3 Å². The second-order valence-electron chi connectivity index (χ2n) is 6.56. The van der Waals surface area contributed by atoms with E-state index >= 15 is 0 Å². The molecule has 2 saturated heterocycles. The first-order chi connectivity index (χ1) is 13.3. The van der Waals surface area contributed by atoms with Crippen LogP contribution in [0.2, 0.25) is 0 Å². The third-order valence-corrected chi connectivity index (χ3v) is 4.64. The van der Waals surface area contributed by atoms with Crippen LogP contribution in [0.5, 0.6) is 0 Å². The van der Waals surface area contributed by atoms with E-state index in [0.717, 1.165) is 6.92 Å². The van der Waals surface area contributed by atoms with Crippen LogP contribution in [0.3, 0.4) is 0 Å². The molecule has 2 N–H and O–H groups in total. The Hall–Kier alpha value is -2.92. The van der Waals surface area contributed by atoms with Gasteiger partial charge in [-0.3, -0.25) is 14.5 Å². The molecule has 0 bridgehead atoms. The van der Waals surface area contributed by atoms with Crippen LogP contribution in [-0.2, 0) is 14.3 Å². The zero-order valence-electron chi connectivity index (χ0n) is 15.1. The van der Waals surface area contributed by atoms with Crippen LogP contribution in [0.1, 0.15) is 13.3 Å². The van der Waals surface area contributed by atoms with Gasteiger partial charge in [-0.15, -0.1) is 0 Å². The summed E-state index contributed by atoms with van der Waals surface area (Å²) in [4.78, 5) is 37.2. The Balaban J connectivity index is 1.68. The lowest BCUT2D eigenvalue weighted by Crippen LogP contribution is -2.58. The number of nitrogens with one attached hydrogen (secondary N) is 1. The normalized spacial score (nSPS) is 21.2. The molecule has 2 heterocycles. The summed E-state index contributed by atoms with van der Waals surface area (Å²) in [5.74, 6) is -1.83. The average Bonchev–Trinajstić information content (AvgIpc) is 3.00. The molecule has 0 aromatic heterocycles. The van der Waals surface area contributed by atoms with Gasteiger partial charge in [0, 0.05) is 26.4 Å².